The van der Waals surface area contributed by atoms with Gasteiger partial charge in [0.2, 0.25) is 6.79 Å². The Kier molecular flexibility index (Phi) is 8.36. The van der Waals surface area contributed by atoms with E-state index in [0.717, 1.165) is 62.0 Å². The summed E-state index contributed by atoms with van der Waals surface area (Å²) in [7, 11) is 1.76. The van der Waals surface area contributed by atoms with Crippen molar-refractivity contribution in [2.24, 2.45) is 4.99 Å². The van der Waals surface area contributed by atoms with E-state index in [4.69, 9.17) is 14.2 Å². The lowest BCUT2D eigenvalue weighted by molar-refractivity contribution is 0.0513. The van der Waals surface area contributed by atoms with Gasteiger partial charge in [0.05, 0.1) is 0 Å². The number of fused-ring (bicyclic) bond motifs is 1. The Morgan fingerprint density at radius 3 is 2.65 bits per heavy atom. The second kappa shape index (κ2) is 11.0. The van der Waals surface area contributed by atoms with Crippen molar-refractivity contribution in [2.45, 2.75) is 24.7 Å². The molecular formula is C23H29FIN3O3. The molecule has 4 rings (SSSR count). The first-order valence-corrected chi connectivity index (χ1v) is 10.4. The zero-order valence-electron chi connectivity index (χ0n) is 17.7. The minimum Gasteiger partial charge on any atom is -0.454 e. The molecule has 0 unspecified atom stereocenters. The highest BCUT2D eigenvalue weighted by molar-refractivity contribution is 14.0. The van der Waals surface area contributed by atoms with Crippen LogP contribution in [0.15, 0.2) is 47.5 Å². The van der Waals surface area contributed by atoms with Crippen molar-refractivity contribution >= 4 is 29.9 Å². The second-order valence-corrected chi connectivity index (χ2v) is 7.69. The van der Waals surface area contributed by atoms with E-state index in [1.807, 2.05) is 12.1 Å². The van der Waals surface area contributed by atoms with Crippen molar-refractivity contribution in [1.29, 1.82) is 0 Å². The predicted molar refractivity (Wildman–Crippen MR) is 129 cm³/mol. The monoisotopic (exact) mass is 541 g/mol. The van der Waals surface area contributed by atoms with E-state index < -0.39 is 0 Å². The number of nitrogens with one attached hydrogen (secondary N) is 2. The van der Waals surface area contributed by atoms with Gasteiger partial charge in [-0.05, 0) is 54.7 Å². The third-order valence-electron chi connectivity index (χ3n) is 5.85. The van der Waals surface area contributed by atoms with Crippen molar-refractivity contribution in [3.8, 4) is 11.5 Å². The van der Waals surface area contributed by atoms with Crippen LogP contribution >= 0.6 is 24.0 Å². The van der Waals surface area contributed by atoms with Gasteiger partial charge in [0.15, 0.2) is 17.5 Å². The maximum Gasteiger partial charge on any atom is 0.231 e. The fraction of sp³-hybridized carbons (Fsp3) is 0.435. The second-order valence-electron chi connectivity index (χ2n) is 7.69. The number of hydrogen-bond donors (Lipinski definition) is 2. The molecule has 0 bridgehead atoms. The molecular weight excluding hydrogens is 512 g/mol. The lowest BCUT2D eigenvalue weighted by atomic mass is 9.74. The van der Waals surface area contributed by atoms with Gasteiger partial charge in [-0.25, -0.2) is 4.39 Å². The third kappa shape index (κ3) is 5.79. The summed E-state index contributed by atoms with van der Waals surface area (Å²) in [6.07, 6.45) is 2.56. The zero-order valence-corrected chi connectivity index (χ0v) is 20.0. The van der Waals surface area contributed by atoms with Crippen molar-refractivity contribution in [2.75, 3.05) is 40.1 Å². The predicted octanol–water partition coefficient (Wildman–Crippen LogP) is 3.63. The minimum absolute atomic E-state index is 0. The third-order valence-corrected chi connectivity index (χ3v) is 5.85. The molecule has 2 aromatic rings. The smallest absolute Gasteiger partial charge is 0.231 e. The van der Waals surface area contributed by atoms with Crippen LogP contribution in [0.5, 0.6) is 11.5 Å². The zero-order chi connectivity index (χ0) is 20.8. The topological polar surface area (TPSA) is 64.1 Å². The van der Waals surface area contributed by atoms with Crippen molar-refractivity contribution in [1.82, 2.24) is 10.6 Å². The van der Waals surface area contributed by atoms with E-state index in [-0.39, 0.29) is 42.0 Å². The van der Waals surface area contributed by atoms with Gasteiger partial charge >= 0.3 is 0 Å². The Labute approximate surface area is 199 Å². The number of nitrogens with zero attached hydrogens (tertiary/aromatic N) is 1. The summed E-state index contributed by atoms with van der Waals surface area (Å²) in [6.45, 7) is 3.12. The number of benzene rings is 2. The van der Waals surface area contributed by atoms with Crippen molar-refractivity contribution in [3.63, 3.8) is 0 Å². The first-order valence-electron chi connectivity index (χ1n) is 10.4. The van der Waals surface area contributed by atoms with Gasteiger partial charge < -0.3 is 24.8 Å². The molecule has 0 radical (unpaired) electrons. The average Bonchev–Trinajstić information content (AvgIpc) is 3.25. The van der Waals surface area contributed by atoms with Gasteiger partial charge in [-0.3, -0.25) is 4.99 Å². The summed E-state index contributed by atoms with van der Waals surface area (Å²) in [5.41, 5.74) is 2.11. The van der Waals surface area contributed by atoms with Gasteiger partial charge in [-0.1, -0.05) is 18.2 Å². The van der Waals surface area contributed by atoms with Gasteiger partial charge in [0, 0.05) is 38.8 Å². The number of hydrogen-bond acceptors (Lipinski definition) is 4. The molecule has 2 N–H and O–H groups in total. The maximum absolute atomic E-state index is 13.3. The molecule has 1 fully saturated rings. The van der Waals surface area contributed by atoms with Crippen LogP contribution in [-0.2, 0) is 16.6 Å². The molecule has 8 heteroatoms. The quantitative estimate of drug-likeness (QED) is 0.333. The van der Waals surface area contributed by atoms with Crippen LogP contribution < -0.4 is 20.1 Å². The molecule has 1 saturated heterocycles. The summed E-state index contributed by atoms with van der Waals surface area (Å²) in [5, 5.41) is 6.81. The van der Waals surface area contributed by atoms with E-state index in [1.54, 1.807) is 19.2 Å². The number of guanidine groups is 1. The summed E-state index contributed by atoms with van der Waals surface area (Å²) in [6, 6.07) is 12.9. The number of rotatable bonds is 6. The van der Waals surface area contributed by atoms with E-state index in [0.29, 0.717) is 6.54 Å². The summed E-state index contributed by atoms with van der Waals surface area (Å²) < 4.78 is 30.0. The van der Waals surface area contributed by atoms with Crippen LogP contribution in [-0.4, -0.2) is 46.1 Å². The number of halogens is 2. The first-order chi connectivity index (χ1) is 14.7. The van der Waals surface area contributed by atoms with Crippen LogP contribution in [0.1, 0.15) is 24.0 Å². The molecule has 2 heterocycles. The normalized spacial score (nSPS) is 17.0. The van der Waals surface area contributed by atoms with E-state index >= 15 is 0 Å². The highest BCUT2D eigenvalue weighted by Gasteiger charge is 2.35. The average molecular weight is 541 g/mol. The molecule has 31 heavy (non-hydrogen) atoms. The lowest BCUT2D eigenvalue weighted by Gasteiger charge is -2.38. The van der Waals surface area contributed by atoms with Gasteiger partial charge in [0.25, 0.3) is 0 Å². The molecule has 2 aromatic carbocycles. The Morgan fingerprint density at radius 2 is 1.87 bits per heavy atom. The van der Waals surface area contributed by atoms with E-state index in [2.05, 4.69) is 27.8 Å². The Balaban J connectivity index is 0.00000272. The molecule has 2 aliphatic heterocycles. The minimum atomic E-state index is -0.208. The van der Waals surface area contributed by atoms with Crippen LogP contribution in [0.4, 0.5) is 4.39 Å². The largest absolute Gasteiger partial charge is 0.454 e. The maximum atomic E-state index is 13.3. The number of aliphatic imine (C=N–C) groups is 1. The van der Waals surface area contributed by atoms with Crippen LogP contribution in [0, 0.1) is 5.82 Å². The van der Waals surface area contributed by atoms with Gasteiger partial charge in [-0.15, -0.1) is 24.0 Å². The molecule has 168 valence electrons. The fourth-order valence-electron chi connectivity index (χ4n) is 4.05. The lowest BCUT2D eigenvalue weighted by Crippen LogP contribution is -2.48. The van der Waals surface area contributed by atoms with E-state index in [9.17, 15) is 4.39 Å². The molecule has 2 aliphatic rings. The van der Waals surface area contributed by atoms with Crippen molar-refractivity contribution in [3.05, 3.63) is 59.4 Å². The Morgan fingerprint density at radius 1 is 1.06 bits per heavy atom. The standard InChI is InChI=1S/C23H28FN3O3.HI/c1-25-22(26-10-7-17-3-2-4-19(24)13-17)27-15-23(8-11-28-12-9-23)18-5-6-20-21(14-18)30-16-29-20;/h2-6,13-14H,7-12,15-16H2,1H3,(H2,25,26,27);1H. The van der Waals surface area contributed by atoms with Crippen LogP contribution in [0.2, 0.25) is 0 Å². The number of ether oxygens (including phenoxy) is 3. The van der Waals surface area contributed by atoms with Crippen LogP contribution in [0.3, 0.4) is 0 Å². The van der Waals surface area contributed by atoms with Gasteiger partial charge in [0.1, 0.15) is 5.82 Å². The van der Waals surface area contributed by atoms with Crippen molar-refractivity contribution < 1.29 is 18.6 Å². The molecule has 0 aliphatic carbocycles. The Bertz CT molecular complexity index is 903. The molecule has 0 saturated carbocycles. The molecule has 0 atom stereocenters. The first kappa shape index (κ1) is 23.6. The fourth-order valence-corrected chi connectivity index (χ4v) is 4.05. The summed E-state index contributed by atoms with van der Waals surface area (Å²) in [5.74, 6) is 2.12. The molecule has 6 nitrogen and oxygen atoms in total. The molecule has 0 aromatic heterocycles. The summed E-state index contributed by atoms with van der Waals surface area (Å²) >= 11 is 0. The molecule has 0 spiro atoms. The van der Waals surface area contributed by atoms with Crippen LogP contribution in [0.25, 0.3) is 0 Å². The SMILES string of the molecule is CN=C(NCCc1cccc(F)c1)NCC1(c2ccc3c(c2)OCO3)CCOCC1.I. The highest BCUT2D eigenvalue weighted by Crippen LogP contribution is 2.40. The molecule has 0 amide bonds. The highest BCUT2D eigenvalue weighted by atomic mass is 127. The van der Waals surface area contributed by atoms with Gasteiger partial charge in [-0.2, -0.15) is 0 Å². The van der Waals surface area contributed by atoms with E-state index in [1.165, 1.54) is 11.6 Å². The Hall–Kier alpha value is -2.07. The summed E-state index contributed by atoms with van der Waals surface area (Å²) in [4.78, 5) is 4.35.